The fourth-order valence-corrected chi connectivity index (χ4v) is 6.79. The van der Waals surface area contributed by atoms with E-state index in [4.69, 9.17) is 4.98 Å². The predicted octanol–water partition coefficient (Wildman–Crippen LogP) is 10.3. The summed E-state index contributed by atoms with van der Waals surface area (Å²) in [6, 6.07) is 40.9. The molecular weight excluding hydrogens is 713 g/mol. The van der Waals surface area contributed by atoms with E-state index in [1.54, 1.807) is 18.3 Å². The number of hydrogen-bond acceptors (Lipinski definition) is 4. The molecule has 42 heavy (non-hydrogen) atoms. The molecule has 3 heterocycles. The third-order valence-electron chi connectivity index (χ3n) is 7.51. The summed E-state index contributed by atoms with van der Waals surface area (Å²) in [6.07, 6.45) is 1.67. The smallest absolute Gasteiger partial charge is 0.141 e. The van der Waals surface area contributed by atoms with Gasteiger partial charge in [-0.3, -0.25) is 9.97 Å². The number of fused-ring (bicyclic) bond motifs is 7. The van der Waals surface area contributed by atoms with E-state index in [1.165, 1.54) is 36.5 Å². The number of benzene rings is 5. The van der Waals surface area contributed by atoms with Crippen LogP contribution in [0.2, 0.25) is 0 Å². The first kappa shape index (κ1) is 28.0. The van der Waals surface area contributed by atoms with Gasteiger partial charge in [0.2, 0.25) is 0 Å². The standard InChI is InChI=1S/C28H20NS.C9H7NO.Ir/c1-17(2)23-16-19(15-18-9-3-4-10-20(18)23)27-28-26(21-11-5-7-13-24(21)29-27)22-12-6-8-14-25(22)30-28;11-8-5-1-3-7-4-2-6-10-9(7)8;/h3-14,16-17H,1-2H3;1-6,11H;/q-1;;. The minimum Gasteiger partial charge on any atom is -0.506 e. The van der Waals surface area contributed by atoms with Crippen molar-refractivity contribution in [1.82, 2.24) is 9.97 Å². The van der Waals surface area contributed by atoms with Crippen LogP contribution in [-0.2, 0) is 20.1 Å². The van der Waals surface area contributed by atoms with Gasteiger partial charge in [0.25, 0.3) is 0 Å². The molecule has 0 fully saturated rings. The average molecular weight is 740 g/mol. The molecule has 5 heteroatoms. The van der Waals surface area contributed by atoms with Gasteiger partial charge in [-0.05, 0) is 30.2 Å². The molecule has 0 bridgehead atoms. The number of thiophene rings is 1. The van der Waals surface area contributed by atoms with Gasteiger partial charge in [0, 0.05) is 62.9 Å². The monoisotopic (exact) mass is 740 g/mol. The van der Waals surface area contributed by atoms with Crippen LogP contribution in [0.3, 0.4) is 0 Å². The maximum atomic E-state index is 9.31. The van der Waals surface area contributed by atoms with Gasteiger partial charge in [0.15, 0.2) is 0 Å². The van der Waals surface area contributed by atoms with Crippen molar-refractivity contribution in [2.75, 3.05) is 0 Å². The first-order valence-corrected chi connectivity index (χ1v) is 14.6. The van der Waals surface area contributed by atoms with Crippen LogP contribution in [0.4, 0.5) is 0 Å². The summed E-state index contributed by atoms with van der Waals surface area (Å²) in [7, 11) is 0. The van der Waals surface area contributed by atoms with Crippen LogP contribution >= 0.6 is 11.3 Å². The Morgan fingerprint density at radius 2 is 1.48 bits per heavy atom. The fraction of sp³-hybridized carbons (Fsp3) is 0.0811. The van der Waals surface area contributed by atoms with Gasteiger partial charge in [-0.15, -0.1) is 40.5 Å². The Hall–Kier alpha value is -4.15. The van der Waals surface area contributed by atoms with Crippen LogP contribution < -0.4 is 0 Å². The minimum atomic E-state index is 0. The van der Waals surface area contributed by atoms with Crippen molar-refractivity contribution in [2.24, 2.45) is 0 Å². The summed E-state index contributed by atoms with van der Waals surface area (Å²) in [5.74, 6) is 0.671. The Kier molecular flexibility index (Phi) is 7.74. The second kappa shape index (κ2) is 11.6. The predicted molar refractivity (Wildman–Crippen MR) is 174 cm³/mol. The van der Waals surface area contributed by atoms with Gasteiger partial charge < -0.3 is 5.11 Å². The van der Waals surface area contributed by atoms with E-state index in [0.29, 0.717) is 11.4 Å². The van der Waals surface area contributed by atoms with E-state index < -0.39 is 0 Å². The van der Waals surface area contributed by atoms with Crippen molar-refractivity contribution < 1.29 is 25.2 Å². The maximum absolute atomic E-state index is 9.31. The number of nitrogens with zero attached hydrogens (tertiary/aromatic N) is 2. The van der Waals surface area contributed by atoms with Crippen molar-refractivity contribution in [3.05, 3.63) is 127 Å². The first-order valence-electron chi connectivity index (χ1n) is 13.8. The summed E-state index contributed by atoms with van der Waals surface area (Å²) in [5, 5.41) is 16.5. The van der Waals surface area contributed by atoms with Crippen LogP contribution in [-0.4, -0.2) is 15.1 Å². The number of pyridine rings is 2. The van der Waals surface area contributed by atoms with E-state index in [0.717, 1.165) is 27.5 Å². The fourth-order valence-electron chi connectivity index (χ4n) is 5.57. The molecule has 0 atom stereocenters. The number of aromatic nitrogens is 2. The van der Waals surface area contributed by atoms with Gasteiger partial charge in [-0.2, -0.15) is 0 Å². The van der Waals surface area contributed by atoms with Crippen LogP contribution in [0, 0.1) is 6.07 Å². The van der Waals surface area contributed by atoms with Crippen LogP contribution in [0.25, 0.3) is 64.0 Å². The molecule has 207 valence electrons. The van der Waals surface area contributed by atoms with Crippen molar-refractivity contribution >= 4 is 64.1 Å². The molecule has 0 amide bonds. The third kappa shape index (κ3) is 4.94. The molecular formula is C37H27IrN2OS-. The first-order chi connectivity index (χ1) is 20.1. The summed E-state index contributed by atoms with van der Waals surface area (Å²) >= 11 is 1.84. The minimum absolute atomic E-state index is 0. The molecule has 8 aromatic rings. The molecule has 3 nitrogen and oxygen atoms in total. The molecule has 0 aliphatic rings. The molecule has 0 aliphatic carbocycles. The molecule has 0 unspecified atom stereocenters. The summed E-state index contributed by atoms with van der Waals surface area (Å²) < 4.78 is 2.55. The Morgan fingerprint density at radius 3 is 2.29 bits per heavy atom. The number of hydrogen-bond donors (Lipinski definition) is 1. The molecule has 8 rings (SSSR count). The van der Waals surface area contributed by atoms with E-state index in [1.807, 2.05) is 29.5 Å². The quantitative estimate of drug-likeness (QED) is 0.180. The normalized spacial score (nSPS) is 11.2. The largest absolute Gasteiger partial charge is 0.506 e. The Morgan fingerprint density at radius 1 is 0.762 bits per heavy atom. The molecule has 1 radical (unpaired) electrons. The van der Waals surface area contributed by atoms with E-state index in [2.05, 4.69) is 104 Å². The van der Waals surface area contributed by atoms with Gasteiger partial charge >= 0.3 is 0 Å². The topological polar surface area (TPSA) is 46.0 Å². The number of phenols is 1. The summed E-state index contributed by atoms with van der Waals surface area (Å²) in [6.45, 7) is 4.52. The second-order valence-electron chi connectivity index (χ2n) is 10.5. The third-order valence-corrected chi connectivity index (χ3v) is 8.69. The van der Waals surface area contributed by atoms with Gasteiger partial charge in [-0.1, -0.05) is 97.6 Å². The Bertz CT molecular complexity index is 2220. The molecule has 0 aliphatic heterocycles. The molecule has 0 spiro atoms. The van der Waals surface area contributed by atoms with Gasteiger partial charge in [0.1, 0.15) is 11.3 Å². The van der Waals surface area contributed by atoms with Crippen molar-refractivity contribution in [3.8, 4) is 17.0 Å². The molecule has 1 N–H and O–H groups in total. The van der Waals surface area contributed by atoms with Crippen molar-refractivity contribution in [1.29, 1.82) is 0 Å². The van der Waals surface area contributed by atoms with E-state index in [-0.39, 0.29) is 25.9 Å². The Labute approximate surface area is 261 Å². The van der Waals surface area contributed by atoms with E-state index >= 15 is 0 Å². The van der Waals surface area contributed by atoms with Gasteiger partial charge in [0.05, 0.1) is 5.52 Å². The SMILES string of the molecule is CC(C)c1cc(-c2nc3ccccc3c3c2sc2ccccc23)[c-]c2ccccc12.Oc1cccc2cccnc12.[Ir]. The average Bonchev–Trinajstić information content (AvgIpc) is 3.41. The van der Waals surface area contributed by atoms with Crippen LogP contribution in [0.1, 0.15) is 25.3 Å². The van der Waals surface area contributed by atoms with Crippen molar-refractivity contribution in [2.45, 2.75) is 19.8 Å². The zero-order chi connectivity index (χ0) is 27.9. The molecule has 0 saturated heterocycles. The zero-order valence-corrected chi connectivity index (χ0v) is 26.3. The molecule has 5 aromatic carbocycles. The molecule has 3 aromatic heterocycles. The van der Waals surface area contributed by atoms with Crippen LogP contribution in [0.5, 0.6) is 5.75 Å². The van der Waals surface area contributed by atoms with Gasteiger partial charge in [-0.25, -0.2) is 0 Å². The number of aromatic hydroxyl groups is 1. The van der Waals surface area contributed by atoms with Crippen LogP contribution in [0.15, 0.2) is 115 Å². The summed E-state index contributed by atoms with van der Waals surface area (Å²) in [4.78, 5) is 9.19. The Balaban J connectivity index is 0.000000222. The number of rotatable bonds is 2. The van der Waals surface area contributed by atoms with E-state index in [9.17, 15) is 5.11 Å². The molecule has 0 saturated carbocycles. The number of para-hydroxylation sites is 2. The van der Waals surface area contributed by atoms with Crippen molar-refractivity contribution in [3.63, 3.8) is 0 Å². The summed E-state index contributed by atoms with van der Waals surface area (Å²) in [5.41, 5.74) is 5.17. The maximum Gasteiger partial charge on any atom is 0.141 e. The number of phenolic OH excluding ortho intramolecular Hbond substituents is 1. The zero-order valence-electron chi connectivity index (χ0n) is 23.1. The second-order valence-corrected chi connectivity index (χ2v) is 11.5.